The Morgan fingerprint density at radius 2 is 2.10 bits per heavy atom. The Kier molecular flexibility index (Phi) is 4.03. The Morgan fingerprint density at radius 1 is 1.43 bits per heavy atom. The number of thiophene rings is 1. The second kappa shape index (κ2) is 5.80. The number of carbonyl (C=O) groups excluding carboxylic acids is 1. The number of aryl methyl sites for hydroxylation is 1. The number of aliphatic hydroxyl groups excluding tert-OH is 2. The largest absolute Gasteiger partial charge is 0.393 e. The third-order valence-corrected chi connectivity index (χ3v) is 5.49. The summed E-state index contributed by atoms with van der Waals surface area (Å²) in [7, 11) is 0. The van der Waals surface area contributed by atoms with E-state index in [1.807, 2.05) is 17.9 Å². The number of hydrogen-bond acceptors (Lipinski definition) is 4. The second-order valence-electron chi connectivity index (χ2n) is 5.81. The first-order valence-electron chi connectivity index (χ1n) is 7.31. The number of carbonyl (C=O) groups is 1. The topological polar surface area (TPSA) is 60.8 Å². The highest BCUT2D eigenvalue weighted by atomic mass is 32.1. The average Bonchev–Trinajstić information content (AvgIpc) is 2.95. The molecule has 2 aliphatic rings. The highest BCUT2D eigenvalue weighted by Crippen LogP contribution is 2.37. The minimum atomic E-state index is -0.261. The van der Waals surface area contributed by atoms with Crippen molar-refractivity contribution in [2.45, 2.75) is 50.8 Å². The van der Waals surface area contributed by atoms with E-state index in [2.05, 4.69) is 11.8 Å². The molecule has 2 unspecified atom stereocenters. The van der Waals surface area contributed by atoms with Crippen LogP contribution in [0.2, 0.25) is 0 Å². The summed E-state index contributed by atoms with van der Waals surface area (Å²) >= 11 is 1.40. The highest BCUT2D eigenvalue weighted by molar-refractivity contribution is 7.14. The SMILES string of the molecule is Cc1cc(C(=O)N2C3CCC2CC(O)C3)sc1C#CCO. The summed E-state index contributed by atoms with van der Waals surface area (Å²) in [5, 5.41) is 18.6. The zero-order valence-electron chi connectivity index (χ0n) is 12.0. The molecule has 1 aromatic rings. The number of fused-ring (bicyclic) bond motifs is 2. The Hall–Kier alpha value is -1.35. The Morgan fingerprint density at radius 3 is 2.71 bits per heavy atom. The quantitative estimate of drug-likeness (QED) is 0.774. The van der Waals surface area contributed by atoms with E-state index in [1.54, 1.807) is 0 Å². The molecule has 0 aliphatic carbocycles. The molecule has 3 rings (SSSR count). The Bertz CT molecular complexity index is 599. The van der Waals surface area contributed by atoms with E-state index in [9.17, 15) is 9.90 Å². The van der Waals surface area contributed by atoms with Gasteiger partial charge < -0.3 is 15.1 Å². The fourth-order valence-electron chi connectivity index (χ4n) is 3.44. The van der Waals surface area contributed by atoms with Crippen molar-refractivity contribution in [1.82, 2.24) is 4.90 Å². The number of nitrogens with zero attached hydrogens (tertiary/aromatic N) is 1. The van der Waals surface area contributed by atoms with Crippen LogP contribution in [0.25, 0.3) is 0 Å². The van der Waals surface area contributed by atoms with Gasteiger partial charge in [0.2, 0.25) is 0 Å². The van der Waals surface area contributed by atoms with E-state index in [0.29, 0.717) is 17.7 Å². The van der Waals surface area contributed by atoms with Crippen LogP contribution in [0.5, 0.6) is 0 Å². The van der Waals surface area contributed by atoms with Crippen molar-refractivity contribution in [2.75, 3.05) is 6.61 Å². The van der Waals surface area contributed by atoms with Gasteiger partial charge in [0.1, 0.15) is 6.61 Å². The standard InChI is InChI=1S/C16H19NO3S/c1-10-7-15(21-14(10)3-2-6-18)16(20)17-11-4-5-12(17)9-13(19)8-11/h7,11-13,18-19H,4-6,8-9H2,1H3. The molecule has 2 N–H and O–H groups in total. The molecule has 0 radical (unpaired) electrons. The van der Waals surface area contributed by atoms with Crippen molar-refractivity contribution < 1.29 is 15.0 Å². The molecule has 0 saturated carbocycles. The van der Waals surface area contributed by atoms with Crippen molar-refractivity contribution >= 4 is 17.2 Å². The Balaban J connectivity index is 1.83. The van der Waals surface area contributed by atoms with Crippen molar-refractivity contribution in [1.29, 1.82) is 0 Å². The zero-order chi connectivity index (χ0) is 15.0. The van der Waals surface area contributed by atoms with Gasteiger partial charge in [0.25, 0.3) is 5.91 Å². The molecule has 5 heteroatoms. The van der Waals surface area contributed by atoms with Crippen LogP contribution in [0.4, 0.5) is 0 Å². The van der Waals surface area contributed by atoms with Crippen molar-refractivity contribution in [3.05, 3.63) is 21.4 Å². The predicted molar refractivity (Wildman–Crippen MR) is 81.2 cm³/mol. The maximum Gasteiger partial charge on any atom is 0.264 e. The zero-order valence-corrected chi connectivity index (χ0v) is 12.8. The molecular weight excluding hydrogens is 286 g/mol. The minimum absolute atomic E-state index is 0.0690. The number of amides is 1. The molecule has 2 atom stereocenters. The van der Waals surface area contributed by atoms with Gasteiger partial charge in [-0.2, -0.15) is 0 Å². The van der Waals surface area contributed by atoms with Crippen LogP contribution >= 0.6 is 11.3 Å². The fourth-order valence-corrected chi connectivity index (χ4v) is 4.43. The molecule has 2 fully saturated rings. The van der Waals surface area contributed by atoms with Crippen LogP contribution in [-0.2, 0) is 0 Å². The number of hydrogen-bond donors (Lipinski definition) is 2. The lowest BCUT2D eigenvalue weighted by Gasteiger charge is -2.36. The van der Waals surface area contributed by atoms with E-state index >= 15 is 0 Å². The minimum Gasteiger partial charge on any atom is -0.393 e. The van der Waals surface area contributed by atoms with Gasteiger partial charge in [-0.25, -0.2) is 0 Å². The van der Waals surface area contributed by atoms with Gasteiger partial charge in [0, 0.05) is 12.1 Å². The van der Waals surface area contributed by atoms with Crippen molar-refractivity contribution in [3.8, 4) is 11.8 Å². The first kappa shape index (κ1) is 14.6. The Labute approximate surface area is 128 Å². The first-order valence-corrected chi connectivity index (χ1v) is 8.12. The van der Waals surface area contributed by atoms with Crippen LogP contribution in [0.15, 0.2) is 6.07 Å². The van der Waals surface area contributed by atoms with Crippen LogP contribution in [0, 0.1) is 18.8 Å². The van der Waals surface area contributed by atoms with Crippen molar-refractivity contribution in [2.24, 2.45) is 0 Å². The highest BCUT2D eigenvalue weighted by Gasteiger charge is 2.43. The van der Waals surface area contributed by atoms with Gasteiger partial charge in [0.05, 0.1) is 15.9 Å². The third kappa shape index (κ3) is 2.71. The lowest BCUT2D eigenvalue weighted by Crippen LogP contribution is -2.47. The van der Waals surface area contributed by atoms with Gasteiger partial charge in [0.15, 0.2) is 0 Å². The molecule has 2 saturated heterocycles. The monoisotopic (exact) mass is 305 g/mol. The normalized spacial score (nSPS) is 27.4. The summed E-state index contributed by atoms with van der Waals surface area (Å²) in [5.41, 5.74) is 0.980. The lowest BCUT2D eigenvalue weighted by molar-refractivity contribution is 0.0290. The second-order valence-corrected chi connectivity index (χ2v) is 6.86. The van der Waals surface area contributed by atoms with Gasteiger partial charge in [-0.3, -0.25) is 4.79 Å². The molecule has 0 spiro atoms. The van der Waals surface area contributed by atoms with E-state index in [1.165, 1.54) is 11.3 Å². The lowest BCUT2D eigenvalue weighted by atomic mass is 9.99. The molecule has 2 aliphatic heterocycles. The fraction of sp³-hybridized carbons (Fsp3) is 0.562. The molecule has 3 heterocycles. The maximum absolute atomic E-state index is 12.8. The summed E-state index contributed by atoms with van der Waals surface area (Å²) in [6.45, 7) is 1.76. The van der Waals surface area contributed by atoms with E-state index in [0.717, 1.165) is 23.3 Å². The first-order chi connectivity index (χ1) is 10.1. The number of aliphatic hydroxyl groups is 2. The van der Waals surface area contributed by atoms with E-state index in [-0.39, 0.29) is 30.7 Å². The van der Waals surface area contributed by atoms with E-state index < -0.39 is 0 Å². The summed E-state index contributed by atoms with van der Waals surface area (Å²) in [6, 6.07) is 2.25. The molecule has 2 bridgehead atoms. The van der Waals surface area contributed by atoms with Gasteiger partial charge in [-0.05, 0) is 44.2 Å². The van der Waals surface area contributed by atoms with E-state index in [4.69, 9.17) is 5.11 Å². The van der Waals surface area contributed by atoms with Crippen LogP contribution in [-0.4, -0.2) is 45.8 Å². The molecule has 112 valence electrons. The average molecular weight is 305 g/mol. The van der Waals surface area contributed by atoms with Crippen LogP contribution < -0.4 is 0 Å². The molecule has 21 heavy (non-hydrogen) atoms. The number of rotatable bonds is 1. The summed E-state index contributed by atoms with van der Waals surface area (Å²) in [5.74, 6) is 5.59. The van der Waals surface area contributed by atoms with Crippen molar-refractivity contribution in [3.63, 3.8) is 0 Å². The summed E-state index contributed by atoms with van der Waals surface area (Å²) < 4.78 is 0. The van der Waals surface area contributed by atoms with Crippen LogP contribution in [0.1, 0.15) is 45.8 Å². The number of piperidine rings is 1. The van der Waals surface area contributed by atoms with Crippen LogP contribution in [0.3, 0.4) is 0 Å². The van der Waals surface area contributed by atoms with Gasteiger partial charge in [-0.15, -0.1) is 11.3 Å². The smallest absolute Gasteiger partial charge is 0.264 e. The van der Waals surface area contributed by atoms with Gasteiger partial charge >= 0.3 is 0 Å². The third-order valence-electron chi connectivity index (χ3n) is 4.35. The molecular formula is C16H19NO3S. The van der Waals surface area contributed by atoms with Gasteiger partial charge in [-0.1, -0.05) is 11.8 Å². The molecule has 0 aromatic carbocycles. The maximum atomic E-state index is 12.8. The summed E-state index contributed by atoms with van der Waals surface area (Å²) in [6.07, 6.45) is 3.12. The molecule has 4 nitrogen and oxygen atoms in total. The summed E-state index contributed by atoms with van der Waals surface area (Å²) in [4.78, 5) is 16.3. The predicted octanol–water partition coefficient (Wildman–Crippen LogP) is 1.53. The molecule has 1 amide bonds. The molecule has 1 aromatic heterocycles.